The molecule has 0 spiro atoms. The first kappa shape index (κ1) is 16.3. The van der Waals surface area contributed by atoms with Gasteiger partial charge in [0.2, 0.25) is 0 Å². The average Bonchev–Trinajstić information content (AvgIpc) is 3.14. The molecule has 0 saturated carbocycles. The van der Waals surface area contributed by atoms with E-state index in [9.17, 15) is 4.79 Å². The van der Waals surface area contributed by atoms with Crippen molar-refractivity contribution in [3.63, 3.8) is 0 Å². The van der Waals surface area contributed by atoms with Crippen LogP contribution in [0.1, 0.15) is 16.1 Å². The lowest BCUT2D eigenvalue weighted by Crippen LogP contribution is -2.49. The van der Waals surface area contributed by atoms with E-state index >= 15 is 0 Å². The Morgan fingerprint density at radius 2 is 1.81 bits per heavy atom. The quantitative estimate of drug-likeness (QED) is 0.728. The van der Waals surface area contributed by atoms with Gasteiger partial charge in [-0.25, -0.2) is 9.97 Å². The molecule has 0 N–H and O–H groups in total. The fraction of sp³-hybridized carbons (Fsp3) is 0.250. The number of piperazine rings is 1. The number of benzene rings is 1. The highest BCUT2D eigenvalue weighted by atomic mass is 16.3. The second-order valence-electron chi connectivity index (χ2n) is 6.27. The van der Waals surface area contributed by atoms with Gasteiger partial charge in [-0.3, -0.25) is 4.79 Å². The summed E-state index contributed by atoms with van der Waals surface area (Å²) in [6.07, 6.45) is 3.35. The van der Waals surface area contributed by atoms with E-state index in [-0.39, 0.29) is 5.91 Å². The number of carbonyl (C=O) groups excluding carboxylic acids is 1. The molecule has 0 radical (unpaired) electrons. The van der Waals surface area contributed by atoms with Crippen molar-refractivity contribution >= 4 is 11.7 Å². The third-order valence-electron chi connectivity index (χ3n) is 4.65. The van der Waals surface area contributed by atoms with Crippen LogP contribution >= 0.6 is 0 Å². The van der Waals surface area contributed by atoms with Gasteiger partial charge in [0.15, 0.2) is 5.82 Å². The van der Waals surface area contributed by atoms with E-state index in [4.69, 9.17) is 9.40 Å². The summed E-state index contributed by atoms with van der Waals surface area (Å²) < 4.78 is 5.25. The van der Waals surface area contributed by atoms with Crippen LogP contribution in [0.25, 0.3) is 11.4 Å². The average molecular weight is 348 g/mol. The van der Waals surface area contributed by atoms with Crippen LogP contribution in [0.15, 0.2) is 59.3 Å². The zero-order chi connectivity index (χ0) is 17.9. The normalized spacial score (nSPS) is 14.5. The Hall–Kier alpha value is -3.15. The van der Waals surface area contributed by atoms with E-state index in [0.29, 0.717) is 24.4 Å². The van der Waals surface area contributed by atoms with Gasteiger partial charge in [0.25, 0.3) is 5.91 Å². The van der Waals surface area contributed by atoms with Gasteiger partial charge in [-0.1, -0.05) is 30.3 Å². The van der Waals surface area contributed by atoms with Crippen molar-refractivity contribution in [2.24, 2.45) is 0 Å². The monoisotopic (exact) mass is 348 g/mol. The summed E-state index contributed by atoms with van der Waals surface area (Å²) >= 11 is 0. The smallest absolute Gasteiger partial charge is 0.257 e. The fourth-order valence-corrected chi connectivity index (χ4v) is 3.17. The van der Waals surface area contributed by atoms with Crippen LogP contribution in [0, 0.1) is 6.92 Å². The predicted molar refractivity (Wildman–Crippen MR) is 99.0 cm³/mol. The second-order valence-corrected chi connectivity index (χ2v) is 6.27. The Kier molecular flexibility index (Phi) is 4.39. The number of amides is 1. The molecule has 1 aromatic carbocycles. The summed E-state index contributed by atoms with van der Waals surface area (Å²) in [5, 5.41) is 0. The van der Waals surface area contributed by atoms with Gasteiger partial charge >= 0.3 is 0 Å². The van der Waals surface area contributed by atoms with Crippen molar-refractivity contribution in [1.82, 2.24) is 14.9 Å². The highest BCUT2D eigenvalue weighted by Gasteiger charge is 2.24. The van der Waals surface area contributed by atoms with Gasteiger partial charge in [0, 0.05) is 37.9 Å². The molecule has 1 aliphatic heterocycles. The van der Waals surface area contributed by atoms with Crippen molar-refractivity contribution in [1.29, 1.82) is 0 Å². The molecule has 0 aliphatic carbocycles. The van der Waals surface area contributed by atoms with Gasteiger partial charge < -0.3 is 14.2 Å². The molecule has 3 aromatic rings. The molecule has 4 rings (SSSR count). The van der Waals surface area contributed by atoms with Gasteiger partial charge in [0.05, 0.1) is 11.8 Å². The molecule has 0 atom stereocenters. The molecule has 0 bridgehead atoms. The van der Waals surface area contributed by atoms with Crippen molar-refractivity contribution < 1.29 is 9.21 Å². The molecular formula is C20H20N4O2. The van der Waals surface area contributed by atoms with Crippen LogP contribution in [0.2, 0.25) is 0 Å². The van der Waals surface area contributed by atoms with Gasteiger partial charge in [-0.2, -0.15) is 0 Å². The highest BCUT2D eigenvalue weighted by Crippen LogP contribution is 2.20. The Labute approximate surface area is 152 Å². The number of furan rings is 1. The molecule has 1 saturated heterocycles. The minimum atomic E-state index is 0.0311. The number of hydrogen-bond acceptors (Lipinski definition) is 5. The largest absolute Gasteiger partial charge is 0.469 e. The van der Waals surface area contributed by atoms with Gasteiger partial charge in [0.1, 0.15) is 11.6 Å². The summed E-state index contributed by atoms with van der Waals surface area (Å²) in [7, 11) is 0. The first-order valence-electron chi connectivity index (χ1n) is 8.69. The van der Waals surface area contributed by atoms with Crippen LogP contribution in [-0.4, -0.2) is 47.0 Å². The van der Waals surface area contributed by atoms with E-state index in [1.807, 2.05) is 48.2 Å². The van der Waals surface area contributed by atoms with E-state index < -0.39 is 0 Å². The standard InChI is InChI=1S/C20H20N4O2/c1-15-17(8-14-26-15)20(25)24-12-10-23(11-13-24)18-7-9-21-19(22-18)16-5-3-2-4-6-16/h2-9,14H,10-13H2,1H3. The molecule has 132 valence electrons. The third-order valence-corrected chi connectivity index (χ3v) is 4.65. The van der Waals surface area contributed by atoms with Crippen molar-refractivity contribution in [3.05, 3.63) is 66.2 Å². The Morgan fingerprint density at radius 3 is 2.50 bits per heavy atom. The molecule has 2 aromatic heterocycles. The topological polar surface area (TPSA) is 62.5 Å². The molecule has 1 fully saturated rings. The summed E-state index contributed by atoms with van der Waals surface area (Å²) in [4.78, 5) is 25.7. The first-order valence-corrected chi connectivity index (χ1v) is 8.69. The molecule has 6 heteroatoms. The van der Waals surface area contributed by atoms with E-state index in [2.05, 4.69) is 9.88 Å². The summed E-state index contributed by atoms with van der Waals surface area (Å²) in [5.74, 6) is 2.31. The first-order chi connectivity index (χ1) is 12.7. The summed E-state index contributed by atoms with van der Waals surface area (Å²) in [5.41, 5.74) is 1.64. The summed E-state index contributed by atoms with van der Waals surface area (Å²) in [6, 6.07) is 13.6. The number of hydrogen-bond donors (Lipinski definition) is 0. The molecule has 1 amide bonds. The maximum Gasteiger partial charge on any atom is 0.257 e. The molecule has 0 unspecified atom stereocenters. The van der Waals surface area contributed by atoms with Crippen LogP contribution in [0.3, 0.4) is 0 Å². The van der Waals surface area contributed by atoms with Crippen LogP contribution in [0.5, 0.6) is 0 Å². The molecule has 26 heavy (non-hydrogen) atoms. The van der Waals surface area contributed by atoms with Gasteiger partial charge in [-0.15, -0.1) is 0 Å². The number of aromatic nitrogens is 2. The van der Waals surface area contributed by atoms with Crippen molar-refractivity contribution in [3.8, 4) is 11.4 Å². The number of aryl methyl sites for hydroxylation is 1. The SMILES string of the molecule is Cc1occc1C(=O)N1CCN(c2ccnc(-c3ccccc3)n2)CC1. The Bertz CT molecular complexity index is 899. The van der Waals surface area contributed by atoms with Crippen molar-refractivity contribution in [2.45, 2.75) is 6.92 Å². The van der Waals surface area contributed by atoms with Crippen LogP contribution < -0.4 is 4.90 Å². The van der Waals surface area contributed by atoms with Crippen molar-refractivity contribution in [2.75, 3.05) is 31.1 Å². The molecule has 3 heterocycles. The second kappa shape index (κ2) is 7.00. The number of carbonyl (C=O) groups is 1. The molecular weight excluding hydrogens is 328 g/mol. The number of rotatable bonds is 3. The Morgan fingerprint density at radius 1 is 1.04 bits per heavy atom. The zero-order valence-electron chi connectivity index (χ0n) is 14.6. The zero-order valence-corrected chi connectivity index (χ0v) is 14.6. The lowest BCUT2D eigenvalue weighted by molar-refractivity contribution is 0.0744. The lowest BCUT2D eigenvalue weighted by atomic mass is 10.2. The number of anilines is 1. The minimum absolute atomic E-state index is 0.0311. The highest BCUT2D eigenvalue weighted by molar-refractivity contribution is 5.95. The fourth-order valence-electron chi connectivity index (χ4n) is 3.17. The molecule has 6 nitrogen and oxygen atoms in total. The van der Waals surface area contributed by atoms with E-state index in [1.165, 1.54) is 0 Å². The minimum Gasteiger partial charge on any atom is -0.469 e. The third kappa shape index (κ3) is 3.18. The molecule has 1 aliphatic rings. The predicted octanol–water partition coefficient (Wildman–Crippen LogP) is 3.01. The Balaban J connectivity index is 1.45. The summed E-state index contributed by atoms with van der Waals surface area (Å²) in [6.45, 7) is 4.62. The van der Waals surface area contributed by atoms with E-state index in [1.54, 1.807) is 18.5 Å². The van der Waals surface area contributed by atoms with Gasteiger partial charge in [-0.05, 0) is 19.1 Å². The maximum absolute atomic E-state index is 12.6. The van der Waals surface area contributed by atoms with Crippen LogP contribution in [-0.2, 0) is 0 Å². The number of nitrogens with zero attached hydrogens (tertiary/aromatic N) is 4. The lowest BCUT2D eigenvalue weighted by Gasteiger charge is -2.35. The van der Waals surface area contributed by atoms with Crippen LogP contribution in [0.4, 0.5) is 5.82 Å². The maximum atomic E-state index is 12.6. The van der Waals surface area contributed by atoms with E-state index in [0.717, 1.165) is 30.3 Å².